The van der Waals surface area contributed by atoms with E-state index in [1.54, 1.807) is 13.0 Å². The number of nitrogens with one attached hydrogen (secondary N) is 2. The maximum Gasteiger partial charge on any atom is 0.231 e. The summed E-state index contributed by atoms with van der Waals surface area (Å²) in [7, 11) is 0. The van der Waals surface area contributed by atoms with Crippen molar-refractivity contribution in [3.63, 3.8) is 0 Å². The van der Waals surface area contributed by atoms with E-state index in [1.807, 2.05) is 0 Å². The summed E-state index contributed by atoms with van der Waals surface area (Å²) in [6, 6.07) is 1.70. The van der Waals surface area contributed by atoms with Crippen LogP contribution in [0.3, 0.4) is 0 Å². The van der Waals surface area contributed by atoms with Gasteiger partial charge in [0.05, 0.1) is 5.92 Å². The molecule has 0 radical (unpaired) electrons. The lowest BCUT2D eigenvalue weighted by Gasteiger charge is -2.25. The molecule has 5 nitrogen and oxygen atoms in total. The van der Waals surface area contributed by atoms with Gasteiger partial charge in [-0.05, 0) is 6.92 Å². The molecule has 1 aliphatic heterocycles. The number of hydrogen-bond donors (Lipinski definition) is 2. The smallest absolute Gasteiger partial charge is 0.231 e. The highest BCUT2D eigenvalue weighted by Gasteiger charge is 2.25. The third-order valence-electron chi connectivity index (χ3n) is 2.03. The number of rotatable bonds is 2. The van der Waals surface area contributed by atoms with Crippen molar-refractivity contribution < 1.29 is 9.32 Å². The van der Waals surface area contributed by atoms with Gasteiger partial charge in [0.15, 0.2) is 5.82 Å². The number of hydrogen-bond acceptors (Lipinski definition) is 4. The van der Waals surface area contributed by atoms with Crippen LogP contribution in [-0.4, -0.2) is 24.2 Å². The van der Waals surface area contributed by atoms with Crippen molar-refractivity contribution in [3.8, 4) is 0 Å². The largest absolute Gasteiger partial charge is 0.360 e. The molecule has 1 amide bonds. The predicted molar refractivity (Wildman–Crippen MR) is 46.2 cm³/mol. The second-order valence-electron chi connectivity index (χ2n) is 3.17. The van der Waals surface area contributed by atoms with Gasteiger partial charge >= 0.3 is 0 Å². The fourth-order valence-corrected chi connectivity index (χ4v) is 1.13. The molecule has 13 heavy (non-hydrogen) atoms. The number of aromatic nitrogens is 1. The zero-order valence-corrected chi connectivity index (χ0v) is 7.33. The van der Waals surface area contributed by atoms with Gasteiger partial charge in [0.1, 0.15) is 5.76 Å². The Hall–Kier alpha value is -1.36. The Balaban J connectivity index is 1.93. The van der Waals surface area contributed by atoms with Gasteiger partial charge in [-0.15, -0.1) is 0 Å². The molecule has 0 atom stereocenters. The summed E-state index contributed by atoms with van der Waals surface area (Å²) in [5.41, 5.74) is 0. The summed E-state index contributed by atoms with van der Waals surface area (Å²) < 4.78 is 4.82. The second kappa shape index (κ2) is 3.18. The van der Waals surface area contributed by atoms with Crippen LogP contribution in [0.1, 0.15) is 5.76 Å². The van der Waals surface area contributed by atoms with Crippen LogP contribution in [0.4, 0.5) is 5.82 Å². The molecule has 0 aromatic carbocycles. The fourth-order valence-electron chi connectivity index (χ4n) is 1.13. The fraction of sp³-hybridized carbons (Fsp3) is 0.500. The summed E-state index contributed by atoms with van der Waals surface area (Å²) in [4.78, 5) is 11.4. The first kappa shape index (κ1) is 8.25. The molecule has 1 saturated heterocycles. The summed E-state index contributed by atoms with van der Waals surface area (Å²) in [5, 5.41) is 9.38. The first-order chi connectivity index (χ1) is 6.25. The Morgan fingerprint density at radius 1 is 1.77 bits per heavy atom. The minimum atomic E-state index is 0.00653. The van der Waals surface area contributed by atoms with E-state index in [0.29, 0.717) is 11.6 Å². The topological polar surface area (TPSA) is 67.2 Å². The third-order valence-corrected chi connectivity index (χ3v) is 2.03. The maximum absolute atomic E-state index is 11.4. The van der Waals surface area contributed by atoms with Crippen molar-refractivity contribution >= 4 is 11.7 Å². The molecule has 1 aliphatic rings. The Morgan fingerprint density at radius 2 is 2.54 bits per heavy atom. The molecular formula is C8H11N3O2. The van der Waals surface area contributed by atoms with Gasteiger partial charge in [-0.2, -0.15) is 0 Å². The van der Waals surface area contributed by atoms with E-state index in [4.69, 9.17) is 4.52 Å². The summed E-state index contributed by atoms with van der Waals surface area (Å²) in [6.07, 6.45) is 0. The summed E-state index contributed by atoms with van der Waals surface area (Å²) in [6.45, 7) is 3.29. The maximum atomic E-state index is 11.4. The minimum Gasteiger partial charge on any atom is -0.360 e. The molecule has 0 unspecified atom stereocenters. The molecule has 0 spiro atoms. The summed E-state index contributed by atoms with van der Waals surface area (Å²) >= 11 is 0. The number of carbonyl (C=O) groups is 1. The van der Waals surface area contributed by atoms with Gasteiger partial charge in [0.25, 0.3) is 0 Å². The van der Waals surface area contributed by atoms with Crippen molar-refractivity contribution in [1.29, 1.82) is 0 Å². The van der Waals surface area contributed by atoms with Crippen LogP contribution < -0.4 is 10.6 Å². The number of aryl methyl sites for hydroxylation is 1. The first-order valence-electron chi connectivity index (χ1n) is 4.20. The lowest BCUT2D eigenvalue weighted by Crippen LogP contribution is -2.48. The van der Waals surface area contributed by atoms with Crippen LogP contribution in [0, 0.1) is 12.8 Å². The third kappa shape index (κ3) is 1.70. The van der Waals surface area contributed by atoms with E-state index in [2.05, 4.69) is 15.8 Å². The molecule has 1 aromatic heterocycles. The van der Waals surface area contributed by atoms with Gasteiger partial charge in [0, 0.05) is 19.2 Å². The van der Waals surface area contributed by atoms with E-state index < -0.39 is 0 Å². The lowest BCUT2D eigenvalue weighted by molar-refractivity contribution is -0.121. The quantitative estimate of drug-likeness (QED) is 0.681. The molecule has 5 heteroatoms. The Labute approximate surface area is 75.5 Å². The SMILES string of the molecule is Cc1cc(NC(=O)C2CNC2)no1. The van der Waals surface area contributed by atoms with Gasteiger partial charge in [-0.1, -0.05) is 5.16 Å². The van der Waals surface area contributed by atoms with E-state index in [9.17, 15) is 4.79 Å². The van der Waals surface area contributed by atoms with E-state index in [0.717, 1.165) is 13.1 Å². The first-order valence-corrected chi connectivity index (χ1v) is 4.20. The molecule has 2 N–H and O–H groups in total. The van der Waals surface area contributed by atoms with Crippen LogP contribution in [0.25, 0.3) is 0 Å². The zero-order chi connectivity index (χ0) is 9.26. The van der Waals surface area contributed by atoms with Crippen molar-refractivity contribution in [1.82, 2.24) is 10.5 Å². The van der Waals surface area contributed by atoms with Crippen molar-refractivity contribution in [3.05, 3.63) is 11.8 Å². The second-order valence-corrected chi connectivity index (χ2v) is 3.17. The molecule has 1 aromatic rings. The van der Waals surface area contributed by atoms with Crippen LogP contribution in [0.15, 0.2) is 10.6 Å². The highest BCUT2D eigenvalue weighted by atomic mass is 16.5. The number of nitrogens with zero attached hydrogens (tertiary/aromatic N) is 1. The van der Waals surface area contributed by atoms with Crippen molar-refractivity contribution in [2.75, 3.05) is 18.4 Å². The van der Waals surface area contributed by atoms with Crippen LogP contribution in [0.5, 0.6) is 0 Å². The molecule has 1 fully saturated rings. The Morgan fingerprint density at radius 3 is 3.00 bits per heavy atom. The Kier molecular flexibility index (Phi) is 2.02. The monoisotopic (exact) mass is 181 g/mol. The van der Waals surface area contributed by atoms with Gasteiger partial charge in [-0.25, -0.2) is 0 Å². The highest BCUT2D eigenvalue weighted by molar-refractivity contribution is 5.92. The standard InChI is InChI=1S/C8H11N3O2/c1-5-2-7(11-13-5)10-8(12)6-3-9-4-6/h2,6,9H,3-4H2,1H3,(H,10,11,12). The van der Waals surface area contributed by atoms with Crippen LogP contribution >= 0.6 is 0 Å². The van der Waals surface area contributed by atoms with Crippen LogP contribution in [0.2, 0.25) is 0 Å². The van der Waals surface area contributed by atoms with Crippen molar-refractivity contribution in [2.24, 2.45) is 5.92 Å². The number of amides is 1. The van der Waals surface area contributed by atoms with E-state index >= 15 is 0 Å². The lowest BCUT2D eigenvalue weighted by atomic mass is 10.0. The minimum absolute atomic E-state index is 0.00653. The van der Waals surface area contributed by atoms with Crippen LogP contribution in [-0.2, 0) is 4.79 Å². The van der Waals surface area contributed by atoms with E-state index in [-0.39, 0.29) is 11.8 Å². The highest BCUT2D eigenvalue weighted by Crippen LogP contribution is 2.10. The molecule has 2 rings (SSSR count). The average Bonchev–Trinajstić information content (AvgIpc) is 2.31. The summed E-state index contributed by atoms with van der Waals surface area (Å²) in [5.74, 6) is 1.28. The van der Waals surface area contributed by atoms with Gasteiger partial charge < -0.3 is 15.2 Å². The average molecular weight is 181 g/mol. The van der Waals surface area contributed by atoms with Gasteiger partial charge in [0.2, 0.25) is 5.91 Å². The normalized spacial score (nSPS) is 16.7. The van der Waals surface area contributed by atoms with Gasteiger partial charge in [-0.3, -0.25) is 4.79 Å². The molecular weight excluding hydrogens is 170 g/mol. The molecule has 0 bridgehead atoms. The van der Waals surface area contributed by atoms with Crippen molar-refractivity contribution in [2.45, 2.75) is 6.92 Å². The number of carbonyl (C=O) groups excluding carboxylic acids is 1. The Bertz CT molecular complexity index is 317. The molecule has 0 saturated carbocycles. The van der Waals surface area contributed by atoms with E-state index in [1.165, 1.54) is 0 Å². The zero-order valence-electron chi connectivity index (χ0n) is 7.33. The molecule has 2 heterocycles. The molecule has 70 valence electrons. The number of anilines is 1. The predicted octanol–water partition coefficient (Wildman–Crippen LogP) is 0.141. The molecule has 0 aliphatic carbocycles.